The standard InChI is InChI=1S/C16H14ClFO2/c17-10-9-16(19)13-3-7-15(8-4-13)20-11-12-1-5-14(18)6-2-12/h1-8H,9-11H2. The number of carbonyl (C=O) groups is 1. The lowest BCUT2D eigenvalue weighted by molar-refractivity contribution is 0.0989. The molecule has 20 heavy (non-hydrogen) atoms. The van der Waals surface area contributed by atoms with E-state index >= 15 is 0 Å². The normalized spacial score (nSPS) is 10.3. The Morgan fingerprint density at radius 3 is 2.30 bits per heavy atom. The zero-order valence-corrected chi connectivity index (χ0v) is 11.6. The molecule has 0 fully saturated rings. The van der Waals surface area contributed by atoms with E-state index in [0.717, 1.165) is 5.56 Å². The summed E-state index contributed by atoms with van der Waals surface area (Å²) in [5.74, 6) is 0.736. The highest BCUT2D eigenvalue weighted by molar-refractivity contribution is 6.19. The van der Waals surface area contributed by atoms with Crippen LogP contribution in [0.1, 0.15) is 22.3 Å². The molecule has 0 saturated heterocycles. The fraction of sp³-hybridized carbons (Fsp3) is 0.188. The first-order valence-corrected chi connectivity index (χ1v) is 6.79. The first-order chi connectivity index (χ1) is 9.69. The number of benzene rings is 2. The van der Waals surface area contributed by atoms with Gasteiger partial charge in [-0.2, -0.15) is 0 Å². The molecule has 0 aliphatic carbocycles. The van der Waals surface area contributed by atoms with E-state index in [1.54, 1.807) is 36.4 Å². The van der Waals surface area contributed by atoms with Gasteiger partial charge >= 0.3 is 0 Å². The van der Waals surface area contributed by atoms with Crippen molar-refractivity contribution in [2.75, 3.05) is 5.88 Å². The highest BCUT2D eigenvalue weighted by atomic mass is 35.5. The Bertz CT molecular complexity index is 564. The summed E-state index contributed by atoms with van der Waals surface area (Å²) >= 11 is 5.53. The number of rotatable bonds is 6. The molecule has 2 rings (SSSR count). The summed E-state index contributed by atoms with van der Waals surface area (Å²) in [6.45, 7) is 0.356. The third-order valence-electron chi connectivity index (χ3n) is 2.82. The summed E-state index contributed by atoms with van der Waals surface area (Å²) in [7, 11) is 0. The van der Waals surface area contributed by atoms with Crippen molar-refractivity contribution < 1.29 is 13.9 Å². The molecule has 0 aliphatic rings. The van der Waals surface area contributed by atoms with Crippen molar-refractivity contribution in [2.24, 2.45) is 0 Å². The zero-order chi connectivity index (χ0) is 14.4. The number of ether oxygens (including phenoxy) is 1. The van der Waals surface area contributed by atoms with Gasteiger partial charge in [-0.15, -0.1) is 11.6 Å². The predicted molar refractivity (Wildman–Crippen MR) is 76.8 cm³/mol. The van der Waals surface area contributed by atoms with Gasteiger partial charge in [-0.3, -0.25) is 4.79 Å². The van der Waals surface area contributed by atoms with E-state index in [1.807, 2.05) is 0 Å². The van der Waals surface area contributed by atoms with Gasteiger partial charge in [0, 0.05) is 17.9 Å². The maximum atomic E-state index is 12.8. The zero-order valence-electron chi connectivity index (χ0n) is 10.8. The fourth-order valence-electron chi connectivity index (χ4n) is 1.71. The van der Waals surface area contributed by atoms with Crippen molar-refractivity contribution in [3.63, 3.8) is 0 Å². The van der Waals surface area contributed by atoms with E-state index in [2.05, 4.69) is 0 Å². The second kappa shape index (κ2) is 7.06. The van der Waals surface area contributed by atoms with Gasteiger partial charge in [0.1, 0.15) is 18.2 Å². The van der Waals surface area contributed by atoms with Crippen LogP contribution in [0.5, 0.6) is 5.75 Å². The first kappa shape index (κ1) is 14.5. The average molecular weight is 293 g/mol. The summed E-state index contributed by atoms with van der Waals surface area (Å²) in [6, 6.07) is 13.1. The number of hydrogen-bond donors (Lipinski definition) is 0. The Morgan fingerprint density at radius 2 is 1.70 bits per heavy atom. The smallest absolute Gasteiger partial charge is 0.164 e. The maximum absolute atomic E-state index is 12.8. The number of halogens is 2. The summed E-state index contributed by atoms with van der Waals surface area (Å²) in [6.07, 6.45) is 0.331. The van der Waals surface area contributed by atoms with Crippen LogP contribution in [0.15, 0.2) is 48.5 Å². The monoisotopic (exact) mass is 292 g/mol. The van der Waals surface area contributed by atoms with E-state index in [-0.39, 0.29) is 11.6 Å². The molecule has 2 aromatic carbocycles. The maximum Gasteiger partial charge on any atom is 0.164 e. The third kappa shape index (κ3) is 4.07. The van der Waals surface area contributed by atoms with Crippen LogP contribution < -0.4 is 4.74 Å². The molecule has 0 heterocycles. The van der Waals surface area contributed by atoms with Crippen LogP contribution >= 0.6 is 11.6 Å². The number of Topliss-reactive ketones (excluding diaryl/α,β-unsaturated/α-hetero) is 1. The Labute approximate surface area is 122 Å². The molecule has 0 amide bonds. The highest BCUT2D eigenvalue weighted by Crippen LogP contribution is 2.15. The van der Waals surface area contributed by atoms with Crippen molar-refractivity contribution in [1.82, 2.24) is 0 Å². The summed E-state index contributed by atoms with van der Waals surface area (Å²) in [4.78, 5) is 11.6. The van der Waals surface area contributed by atoms with Crippen LogP contribution in [0.3, 0.4) is 0 Å². The lowest BCUT2D eigenvalue weighted by atomic mass is 10.1. The third-order valence-corrected chi connectivity index (χ3v) is 3.01. The Balaban J connectivity index is 1.93. The van der Waals surface area contributed by atoms with Crippen LogP contribution in [-0.2, 0) is 6.61 Å². The molecule has 0 spiro atoms. The molecule has 2 nitrogen and oxygen atoms in total. The van der Waals surface area contributed by atoms with Gasteiger partial charge in [-0.1, -0.05) is 12.1 Å². The van der Waals surface area contributed by atoms with Gasteiger partial charge in [0.2, 0.25) is 0 Å². The van der Waals surface area contributed by atoms with Gasteiger partial charge in [0.25, 0.3) is 0 Å². The lowest BCUT2D eigenvalue weighted by Crippen LogP contribution is -2.00. The second-order valence-corrected chi connectivity index (χ2v) is 4.68. The average Bonchev–Trinajstić information content (AvgIpc) is 2.47. The number of alkyl halides is 1. The Hall–Kier alpha value is -1.87. The number of ketones is 1. The molecule has 0 aliphatic heterocycles. The molecule has 4 heteroatoms. The molecule has 0 radical (unpaired) electrons. The van der Waals surface area contributed by atoms with Crippen LogP contribution in [0.4, 0.5) is 4.39 Å². The Kier molecular flexibility index (Phi) is 5.13. The lowest BCUT2D eigenvalue weighted by Gasteiger charge is -2.07. The minimum atomic E-state index is -0.268. The highest BCUT2D eigenvalue weighted by Gasteiger charge is 2.05. The molecule has 0 bridgehead atoms. The van der Waals surface area contributed by atoms with Gasteiger partial charge in [0.15, 0.2) is 5.78 Å². The minimum absolute atomic E-state index is 0.0186. The molecule has 104 valence electrons. The second-order valence-electron chi connectivity index (χ2n) is 4.30. The van der Waals surface area contributed by atoms with Crippen molar-refractivity contribution in [3.8, 4) is 5.75 Å². The molecule has 0 atom stereocenters. The van der Waals surface area contributed by atoms with E-state index < -0.39 is 0 Å². The molecular formula is C16H14ClFO2. The first-order valence-electron chi connectivity index (χ1n) is 6.25. The van der Waals surface area contributed by atoms with Gasteiger partial charge < -0.3 is 4.74 Å². The largest absolute Gasteiger partial charge is 0.489 e. The van der Waals surface area contributed by atoms with Crippen molar-refractivity contribution >= 4 is 17.4 Å². The van der Waals surface area contributed by atoms with E-state index in [0.29, 0.717) is 30.2 Å². The van der Waals surface area contributed by atoms with Gasteiger partial charge in [0.05, 0.1) is 0 Å². The molecule has 0 aromatic heterocycles. The summed E-state index contributed by atoms with van der Waals surface area (Å²) in [5.41, 5.74) is 1.51. The predicted octanol–water partition coefficient (Wildman–Crippen LogP) is 4.22. The Morgan fingerprint density at radius 1 is 1.05 bits per heavy atom. The number of carbonyl (C=O) groups excluding carboxylic acids is 1. The van der Waals surface area contributed by atoms with Gasteiger partial charge in [-0.25, -0.2) is 4.39 Å². The fourth-order valence-corrected chi connectivity index (χ4v) is 1.89. The SMILES string of the molecule is O=C(CCCl)c1ccc(OCc2ccc(F)cc2)cc1. The van der Waals surface area contributed by atoms with Crippen molar-refractivity contribution in [2.45, 2.75) is 13.0 Å². The van der Waals surface area contributed by atoms with Crippen LogP contribution in [0.2, 0.25) is 0 Å². The van der Waals surface area contributed by atoms with E-state index in [9.17, 15) is 9.18 Å². The summed E-state index contributed by atoms with van der Waals surface area (Å²) < 4.78 is 18.3. The van der Waals surface area contributed by atoms with Gasteiger partial charge in [-0.05, 0) is 42.0 Å². The minimum Gasteiger partial charge on any atom is -0.489 e. The molecule has 0 saturated carbocycles. The molecule has 0 unspecified atom stereocenters. The number of hydrogen-bond acceptors (Lipinski definition) is 2. The summed E-state index contributed by atoms with van der Waals surface area (Å²) in [5, 5.41) is 0. The van der Waals surface area contributed by atoms with Crippen molar-refractivity contribution in [1.29, 1.82) is 0 Å². The molecular weight excluding hydrogens is 279 g/mol. The van der Waals surface area contributed by atoms with Crippen LogP contribution in [0.25, 0.3) is 0 Å². The van der Waals surface area contributed by atoms with Crippen molar-refractivity contribution in [3.05, 3.63) is 65.5 Å². The molecule has 2 aromatic rings. The molecule has 0 N–H and O–H groups in total. The van der Waals surface area contributed by atoms with Crippen LogP contribution in [0, 0.1) is 5.82 Å². The van der Waals surface area contributed by atoms with Crippen LogP contribution in [-0.4, -0.2) is 11.7 Å². The van der Waals surface area contributed by atoms with E-state index in [4.69, 9.17) is 16.3 Å². The topological polar surface area (TPSA) is 26.3 Å². The quantitative estimate of drug-likeness (QED) is 0.589. The van der Waals surface area contributed by atoms with E-state index in [1.165, 1.54) is 12.1 Å².